The number of carboxylic acid groups (broad SMARTS) is 1. The van der Waals surface area contributed by atoms with E-state index in [4.69, 9.17) is 16.6 Å². The molecule has 2 rings (SSSR count). The fourth-order valence-electron chi connectivity index (χ4n) is 2.33. The minimum absolute atomic E-state index is 0.00199. The van der Waals surface area contributed by atoms with Crippen molar-refractivity contribution in [2.75, 3.05) is 6.54 Å². The van der Waals surface area contributed by atoms with Gasteiger partial charge in [0.15, 0.2) is 5.96 Å². The number of aromatic nitrogens is 3. The molecule has 10 nitrogen and oxygen atoms in total. The summed E-state index contributed by atoms with van der Waals surface area (Å²) >= 11 is 0. The highest BCUT2D eigenvalue weighted by molar-refractivity contribution is 5.77. The van der Waals surface area contributed by atoms with Gasteiger partial charge in [-0.05, 0) is 5.56 Å². The lowest BCUT2D eigenvalue weighted by Crippen LogP contribution is -2.33. The Labute approximate surface area is 149 Å². The summed E-state index contributed by atoms with van der Waals surface area (Å²) in [6, 6.07) is 8.32. The van der Waals surface area contributed by atoms with E-state index in [9.17, 15) is 9.59 Å². The number of nitrogens with two attached hydrogens (primary N) is 2. The Bertz CT molecular complexity index is 769. The quantitative estimate of drug-likeness (QED) is 0.344. The number of nitrogens with one attached hydrogen (secondary N) is 1. The fourth-order valence-corrected chi connectivity index (χ4v) is 2.33. The van der Waals surface area contributed by atoms with Crippen LogP contribution in [0.15, 0.2) is 41.5 Å². The number of rotatable bonds is 9. The maximum Gasteiger partial charge on any atom is 0.305 e. The Kier molecular flexibility index (Phi) is 6.66. The Hall–Kier alpha value is -3.43. The molecule has 0 saturated heterocycles. The third-order valence-electron chi connectivity index (χ3n) is 3.47. The average molecular weight is 359 g/mol. The van der Waals surface area contributed by atoms with Crippen molar-refractivity contribution in [1.29, 1.82) is 0 Å². The Balaban J connectivity index is 1.94. The lowest BCUT2D eigenvalue weighted by Gasteiger charge is -2.17. The van der Waals surface area contributed by atoms with Crippen molar-refractivity contribution >= 4 is 17.8 Å². The lowest BCUT2D eigenvalue weighted by atomic mass is 10.0. The predicted molar refractivity (Wildman–Crippen MR) is 94.0 cm³/mol. The zero-order valence-corrected chi connectivity index (χ0v) is 14.1. The van der Waals surface area contributed by atoms with Crippen LogP contribution in [0.25, 0.3) is 0 Å². The number of carbonyl (C=O) groups excluding carboxylic acids is 1. The molecule has 1 amide bonds. The van der Waals surface area contributed by atoms with Gasteiger partial charge in [0.25, 0.3) is 0 Å². The van der Waals surface area contributed by atoms with Crippen molar-refractivity contribution in [1.82, 2.24) is 20.3 Å². The third-order valence-corrected chi connectivity index (χ3v) is 3.47. The van der Waals surface area contributed by atoms with Gasteiger partial charge in [0.05, 0.1) is 18.2 Å². The standard InChI is InChI=1S/C16H21N7O3/c17-16(18)19-7-6-12-9-23(22-21-12)10-14(24)20-13(8-15(25)26)11-4-2-1-3-5-11/h1-5,9,13H,6-8,10H2,(H,20,24)(H,25,26)(H4,17,18,19)/t13-/m0/s1. The van der Waals surface area contributed by atoms with E-state index < -0.39 is 12.0 Å². The molecule has 0 aliphatic rings. The van der Waals surface area contributed by atoms with Crippen LogP contribution in [0.3, 0.4) is 0 Å². The molecule has 1 aromatic heterocycles. The van der Waals surface area contributed by atoms with Crippen molar-refractivity contribution in [3.05, 3.63) is 47.8 Å². The Morgan fingerprint density at radius 2 is 2.00 bits per heavy atom. The molecule has 0 fully saturated rings. The average Bonchev–Trinajstić information content (AvgIpc) is 3.01. The number of hydrogen-bond acceptors (Lipinski definition) is 5. The van der Waals surface area contributed by atoms with E-state index in [1.807, 2.05) is 6.07 Å². The van der Waals surface area contributed by atoms with E-state index in [2.05, 4.69) is 20.6 Å². The largest absolute Gasteiger partial charge is 0.481 e. The maximum absolute atomic E-state index is 12.2. The number of nitrogens with zero attached hydrogens (tertiary/aromatic N) is 4. The van der Waals surface area contributed by atoms with Crippen LogP contribution in [0.1, 0.15) is 23.7 Å². The number of carboxylic acids is 1. The molecule has 26 heavy (non-hydrogen) atoms. The summed E-state index contributed by atoms with van der Waals surface area (Å²) in [5, 5.41) is 19.6. The topological polar surface area (TPSA) is 162 Å². The molecule has 6 N–H and O–H groups in total. The van der Waals surface area contributed by atoms with E-state index in [1.165, 1.54) is 4.68 Å². The van der Waals surface area contributed by atoms with E-state index in [-0.39, 0.29) is 24.8 Å². The molecule has 0 spiro atoms. The van der Waals surface area contributed by atoms with Gasteiger partial charge in [0.1, 0.15) is 6.54 Å². The lowest BCUT2D eigenvalue weighted by molar-refractivity contribution is -0.137. The Morgan fingerprint density at radius 1 is 1.27 bits per heavy atom. The zero-order chi connectivity index (χ0) is 18.9. The first-order chi connectivity index (χ1) is 12.4. The molecule has 1 heterocycles. The van der Waals surface area contributed by atoms with Crippen molar-refractivity contribution < 1.29 is 14.7 Å². The van der Waals surface area contributed by atoms with Crippen molar-refractivity contribution in [3.63, 3.8) is 0 Å². The summed E-state index contributed by atoms with van der Waals surface area (Å²) in [4.78, 5) is 27.2. The van der Waals surface area contributed by atoms with Crippen LogP contribution < -0.4 is 16.8 Å². The van der Waals surface area contributed by atoms with Gasteiger partial charge in [-0.1, -0.05) is 35.5 Å². The molecular weight excluding hydrogens is 338 g/mol. The molecule has 0 bridgehead atoms. The first-order valence-electron chi connectivity index (χ1n) is 7.94. The van der Waals surface area contributed by atoms with E-state index >= 15 is 0 Å². The number of carbonyl (C=O) groups is 2. The van der Waals surface area contributed by atoms with Gasteiger partial charge in [-0.2, -0.15) is 0 Å². The number of aliphatic imine (C=N–C) groups is 1. The van der Waals surface area contributed by atoms with Gasteiger partial charge in [-0.25, -0.2) is 4.68 Å². The number of guanidine groups is 1. The first-order valence-corrected chi connectivity index (χ1v) is 7.94. The smallest absolute Gasteiger partial charge is 0.305 e. The molecule has 1 aromatic carbocycles. The van der Waals surface area contributed by atoms with E-state index in [0.717, 1.165) is 5.56 Å². The van der Waals surface area contributed by atoms with Crippen molar-refractivity contribution in [3.8, 4) is 0 Å². The summed E-state index contributed by atoms with van der Waals surface area (Å²) in [6.07, 6.45) is 1.90. The van der Waals surface area contributed by atoms with E-state index in [1.54, 1.807) is 30.5 Å². The summed E-state index contributed by atoms with van der Waals surface area (Å²) in [5.74, 6) is -1.36. The van der Waals surface area contributed by atoms with Crippen LogP contribution >= 0.6 is 0 Å². The van der Waals surface area contributed by atoms with Crippen LogP contribution in [0.4, 0.5) is 0 Å². The molecule has 2 aromatic rings. The molecular formula is C16H21N7O3. The van der Waals surface area contributed by atoms with Crippen LogP contribution in [-0.4, -0.2) is 44.5 Å². The SMILES string of the molecule is NC(N)=NCCc1cn(CC(=O)N[C@@H](CC(=O)O)c2ccccc2)nn1. The molecule has 0 radical (unpaired) electrons. The molecule has 0 saturated carbocycles. The van der Waals surface area contributed by atoms with Crippen molar-refractivity contribution in [2.45, 2.75) is 25.4 Å². The van der Waals surface area contributed by atoms with Crippen LogP contribution in [0.5, 0.6) is 0 Å². The maximum atomic E-state index is 12.2. The van der Waals surface area contributed by atoms with Crippen LogP contribution in [0.2, 0.25) is 0 Å². The van der Waals surface area contributed by atoms with Gasteiger partial charge in [-0.3, -0.25) is 14.6 Å². The van der Waals surface area contributed by atoms with Crippen molar-refractivity contribution in [2.24, 2.45) is 16.5 Å². The first kappa shape index (κ1) is 18.9. The molecule has 0 unspecified atom stereocenters. The number of amides is 1. The van der Waals surface area contributed by atoms with Crippen LogP contribution in [-0.2, 0) is 22.6 Å². The number of hydrogen-bond donors (Lipinski definition) is 4. The summed E-state index contributed by atoms with van der Waals surface area (Å²) in [6.45, 7) is 0.306. The molecule has 0 aliphatic heterocycles. The van der Waals surface area contributed by atoms with Gasteiger partial charge in [-0.15, -0.1) is 5.10 Å². The summed E-state index contributed by atoms with van der Waals surface area (Å²) < 4.78 is 1.38. The fraction of sp³-hybridized carbons (Fsp3) is 0.312. The molecule has 138 valence electrons. The number of aliphatic carboxylic acids is 1. The third kappa shape index (κ3) is 6.23. The summed E-state index contributed by atoms with van der Waals surface area (Å²) in [7, 11) is 0. The molecule has 1 atom stereocenters. The highest BCUT2D eigenvalue weighted by Crippen LogP contribution is 2.16. The molecule has 0 aliphatic carbocycles. The highest BCUT2D eigenvalue weighted by Gasteiger charge is 2.18. The minimum Gasteiger partial charge on any atom is -0.481 e. The molecule has 10 heteroatoms. The van der Waals surface area contributed by atoms with Gasteiger partial charge < -0.3 is 21.9 Å². The highest BCUT2D eigenvalue weighted by atomic mass is 16.4. The normalized spacial score (nSPS) is 11.5. The minimum atomic E-state index is -0.998. The number of benzene rings is 1. The van der Waals surface area contributed by atoms with E-state index in [0.29, 0.717) is 18.7 Å². The van der Waals surface area contributed by atoms with Gasteiger partial charge >= 0.3 is 5.97 Å². The Morgan fingerprint density at radius 3 is 2.65 bits per heavy atom. The summed E-state index contributed by atoms with van der Waals surface area (Å²) in [5.41, 5.74) is 11.9. The zero-order valence-electron chi connectivity index (χ0n) is 14.1. The van der Waals surface area contributed by atoms with Gasteiger partial charge in [0, 0.05) is 19.2 Å². The van der Waals surface area contributed by atoms with Gasteiger partial charge in [0.2, 0.25) is 5.91 Å². The second-order valence-corrected chi connectivity index (χ2v) is 5.59. The second-order valence-electron chi connectivity index (χ2n) is 5.59. The second kappa shape index (κ2) is 9.16. The predicted octanol–water partition coefficient (Wildman–Crippen LogP) is -0.574. The monoisotopic (exact) mass is 359 g/mol. The van der Waals surface area contributed by atoms with Crippen LogP contribution in [0, 0.1) is 0 Å².